The van der Waals surface area contributed by atoms with Gasteiger partial charge in [-0.2, -0.15) is 0 Å². The minimum absolute atomic E-state index is 0.140. The molecule has 4 rings (SSSR count). The van der Waals surface area contributed by atoms with Gasteiger partial charge in [-0.25, -0.2) is 0 Å². The van der Waals surface area contributed by atoms with Gasteiger partial charge in [-0.15, -0.1) is 10.2 Å². The normalized spacial score (nSPS) is 14.8. The molecule has 8 heteroatoms. The van der Waals surface area contributed by atoms with Crippen molar-refractivity contribution in [2.24, 2.45) is 0 Å². The lowest BCUT2D eigenvalue weighted by atomic mass is 9.95. The summed E-state index contributed by atoms with van der Waals surface area (Å²) >= 11 is 1.41. The molecule has 0 radical (unpaired) electrons. The van der Waals surface area contributed by atoms with Gasteiger partial charge in [0.2, 0.25) is 5.91 Å². The van der Waals surface area contributed by atoms with Crippen LogP contribution in [0.1, 0.15) is 49.5 Å². The molecule has 1 amide bonds. The molecule has 1 N–H and O–H groups in total. The van der Waals surface area contributed by atoms with E-state index in [1.807, 2.05) is 6.07 Å². The van der Waals surface area contributed by atoms with Crippen molar-refractivity contribution in [3.63, 3.8) is 0 Å². The number of carbonyl (C=O) groups is 1. The first-order valence-electron chi connectivity index (χ1n) is 9.98. The van der Waals surface area contributed by atoms with Crippen molar-refractivity contribution in [1.82, 2.24) is 19.9 Å². The Bertz CT molecular complexity index is 991. The molecule has 1 aromatic carbocycles. The predicted octanol–water partition coefficient (Wildman–Crippen LogP) is 4.79. The third-order valence-corrected chi connectivity index (χ3v) is 6.05. The molecular weight excluding hydrogens is 386 g/mol. The van der Waals surface area contributed by atoms with Gasteiger partial charge in [0.15, 0.2) is 16.8 Å². The monoisotopic (exact) mass is 411 g/mol. The van der Waals surface area contributed by atoms with Crippen LogP contribution in [0.25, 0.3) is 11.4 Å². The fraction of sp³-hybridized carbons (Fsp3) is 0.429. The van der Waals surface area contributed by atoms with Crippen LogP contribution in [0.2, 0.25) is 0 Å². The number of hydrogen-bond donors (Lipinski definition) is 1. The molecule has 1 saturated carbocycles. The van der Waals surface area contributed by atoms with Crippen LogP contribution in [-0.2, 0) is 4.79 Å². The Morgan fingerprint density at radius 1 is 1.21 bits per heavy atom. The minimum atomic E-state index is -0.140. The Morgan fingerprint density at radius 2 is 2.03 bits per heavy atom. The second-order valence-corrected chi connectivity index (χ2v) is 8.44. The number of rotatable bonds is 6. The van der Waals surface area contributed by atoms with Crippen LogP contribution < -0.4 is 5.32 Å². The summed E-state index contributed by atoms with van der Waals surface area (Å²) in [5.41, 5.74) is 2.26. The molecule has 0 bridgehead atoms. The Labute approximate surface area is 174 Å². The topological polar surface area (TPSA) is 85.8 Å². The molecular formula is C21H25N5O2S. The summed E-state index contributed by atoms with van der Waals surface area (Å²) in [7, 11) is 0. The number of thioether (sulfide) groups is 1. The van der Waals surface area contributed by atoms with Gasteiger partial charge < -0.3 is 9.84 Å². The van der Waals surface area contributed by atoms with Gasteiger partial charge in [0.05, 0.1) is 5.75 Å². The maximum absolute atomic E-state index is 12.3. The number of amides is 1. The summed E-state index contributed by atoms with van der Waals surface area (Å²) in [4.78, 5) is 12.3. The number of anilines is 1. The highest BCUT2D eigenvalue weighted by Crippen LogP contribution is 2.35. The lowest BCUT2D eigenvalue weighted by molar-refractivity contribution is -0.113. The van der Waals surface area contributed by atoms with E-state index in [4.69, 9.17) is 4.52 Å². The van der Waals surface area contributed by atoms with Gasteiger partial charge >= 0.3 is 0 Å². The molecule has 152 valence electrons. The molecule has 7 nitrogen and oxygen atoms in total. The van der Waals surface area contributed by atoms with Crippen LogP contribution in [0.4, 0.5) is 5.82 Å². The van der Waals surface area contributed by atoms with E-state index in [9.17, 15) is 4.79 Å². The first-order valence-corrected chi connectivity index (χ1v) is 11.0. The van der Waals surface area contributed by atoms with Gasteiger partial charge in [-0.3, -0.25) is 9.36 Å². The van der Waals surface area contributed by atoms with E-state index >= 15 is 0 Å². The predicted molar refractivity (Wildman–Crippen MR) is 113 cm³/mol. The van der Waals surface area contributed by atoms with Gasteiger partial charge in [-0.05, 0) is 32.8 Å². The van der Waals surface area contributed by atoms with Crippen molar-refractivity contribution in [2.45, 2.75) is 57.1 Å². The van der Waals surface area contributed by atoms with Crippen LogP contribution in [0.5, 0.6) is 0 Å². The molecule has 1 fully saturated rings. The number of aromatic nitrogens is 4. The largest absolute Gasteiger partial charge is 0.360 e. The first kappa shape index (κ1) is 19.7. The number of nitrogens with zero attached hydrogens (tertiary/aromatic N) is 4. The lowest BCUT2D eigenvalue weighted by Gasteiger charge is -2.25. The Morgan fingerprint density at radius 3 is 2.76 bits per heavy atom. The standard InChI is InChI=1S/C21H25N5O2S/c1-14-7-6-8-16(11-14)20-23-24-21(26(20)17-9-4-3-5-10-17)29-13-19(27)22-18-12-15(2)28-25-18/h6-8,11-12,17H,3-5,9-10,13H2,1-2H3,(H,22,25,27). The molecule has 1 aliphatic carbocycles. The third-order valence-electron chi connectivity index (χ3n) is 5.11. The quantitative estimate of drug-likeness (QED) is 0.587. The number of benzene rings is 1. The summed E-state index contributed by atoms with van der Waals surface area (Å²) in [6, 6.07) is 10.4. The zero-order valence-electron chi connectivity index (χ0n) is 16.7. The molecule has 29 heavy (non-hydrogen) atoms. The molecule has 2 heterocycles. The lowest BCUT2D eigenvalue weighted by Crippen LogP contribution is -2.17. The Balaban J connectivity index is 1.55. The molecule has 0 unspecified atom stereocenters. The second kappa shape index (κ2) is 8.82. The van der Waals surface area contributed by atoms with E-state index < -0.39 is 0 Å². The molecule has 2 aromatic heterocycles. The average molecular weight is 412 g/mol. The second-order valence-electron chi connectivity index (χ2n) is 7.50. The summed E-state index contributed by atoms with van der Waals surface area (Å²) in [6.45, 7) is 3.87. The maximum Gasteiger partial charge on any atom is 0.236 e. The van der Waals surface area contributed by atoms with Crippen molar-refractivity contribution in [3.05, 3.63) is 41.7 Å². The summed E-state index contributed by atoms with van der Waals surface area (Å²) in [6.07, 6.45) is 5.95. The van der Waals surface area contributed by atoms with Crippen LogP contribution in [0.3, 0.4) is 0 Å². The van der Waals surface area contributed by atoms with Crippen LogP contribution in [0.15, 0.2) is 40.0 Å². The van der Waals surface area contributed by atoms with Crippen molar-refractivity contribution < 1.29 is 9.32 Å². The van der Waals surface area contributed by atoms with Gasteiger partial charge in [0.25, 0.3) is 0 Å². The zero-order chi connectivity index (χ0) is 20.2. The van der Waals surface area contributed by atoms with E-state index in [1.165, 1.54) is 36.6 Å². The Hall–Kier alpha value is -2.61. The van der Waals surface area contributed by atoms with E-state index in [1.54, 1.807) is 13.0 Å². The van der Waals surface area contributed by atoms with E-state index in [0.717, 1.165) is 29.4 Å². The van der Waals surface area contributed by atoms with Crippen molar-refractivity contribution in [3.8, 4) is 11.4 Å². The van der Waals surface area contributed by atoms with Crippen LogP contribution in [-0.4, -0.2) is 31.6 Å². The third kappa shape index (κ3) is 4.70. The SMILES string of the molecule is Cc1cccc(-c2nnc(SCC(=O)Nc3cc(C)on3)n2C2CCCCC2)c1. The minimum Gasteiger partial charge on any atom is -0.360 e. The number of hydrogen-bond acceptors (Lipinski definition) is 6. The van der Waals surface area contributed by atoms with Gasteiger partial charge in [0.1, 0.15) is 5.76 Å². The number of carbonyl (C=O) groups excluding carboxylic acids is 1. The first-order chi connectivity index (χ1) is 14.1. The van der Waals surface area contributed by atoms with Crippen LogP contribution >= 0.6 is 11.8 Å². The summed E-state index contributed by atoms with van der Waals surface area (Å²) in [5.74, 6) is 2.08. The van der Waals surface area contributed by atoms with Gasteiger partial charge in [-0.1, -0.05) is 59.9 Å². The highest BCUT2D eigenvalue weighted by molar-refractivity contribution is 7.99. The summed E-state index contributed by atoms with van der Waals surface area (Å²) in [5, 5.41) is 16.3. The number of aryl methyl sites for hydroxylation is 2. The fourth-order valence-corrected chi connectivity index (χ4v) is 4.56. The summed E-state index contributed by atoms with van der Waals surface area (Å²) < 4.78 is 7.23. The van der Waals surface area contributed by atoms with Crippen LogP contribution in [0, 0.1) is 13.8 Å². The maximum atomic E-state index is 12.3. The van der Waals surface area contributed by atoms with E-state index in [-0.39, 0.29) is 11.7 Å². The smallest absolute Gasteiger partial charge is 0.236 e. The number of nitrogens with one attached hydrogen (secondary N) is 1. The Kier molecular flexibility index (Phi) is 5.99. The molecule has 0 aliphatic heterocycles. The average Bonchev–Trinajstić information content (AvgIpc) is 3.33. The van der Waals surface area contributed by atoms with Crippen molar-refractivity contribution in [2.75, 3.05) is 11.1 Å². The molecule has 0 spiro atoms. The fourth-order valence-electron chi connectivity index (χ4n) is 3.76. The van der Waals surface area contributed by atoms with Gasteiger partial charge in [0, 0.05) is 17.7 Å². The highest BCUT2D eigenvalue weighted by atomic mass is 32.2. The molecule has 0 saturated heterocycles. The van der Waals surface area contributed by atoms with Crippen molar-refractivity contribution in [1.29, 1.82) is 0 Å². The highest BCUT2D eigenvalue weighted by Gasteiger charge is 2.24. The molecule has 0 atom stereocenters. The molecule has 1 aliphatic rings. The zero-order valence-corrected chi connectivity index (χ0v) is 17.5. The van der Waals surface area contributed by atoms with E-state index in [0.29, 0.717) is 17.6 Å². The van der Waals surface area contributed by atoms with Crippen molar-refractivity contribution >= 4 is 23.5 Å². The molecule has 3 aromatic rings. The van der Waals surface area contributed by atoms with E-state index in [2.05, 4.69) is 50.4 Å².